The van der Waals surface area contributed by atoms with E-state index in [-0.39, 0.29) is 5.91 Å². The highest BCUT2D eigenvalue weighted by Crippen LogP contribution is 2.32. The lowest BCUT2D eigenvalue weighted by Gasteiger charge is -2.28. The van der Waals surface area contributed by atoms with Crippen LogP contribution in [0.25, 0.3) is 10.9 Å². The molecule has 0 atom stereocenters. The summed E-state index contributed by atoms with van der Waals surface area (Å²) in [5.41, 5.74) is 2.63. The van der Waals surface area contributed by atoms with Crippen LogP contribution in [0.3, 0.4) is 0 Å². The molecule has 0 spiro atoms. The number of nitrogens with zero attached hydrogens (tertiary/aromatic N) is 4. The number of hydrogen-bond donors (Lipinski definition) is 1. The quantitative estimate of drug-likeness (QED) is 0.241. The highest BCUT2D eigenvalue weighted by molar-refractivity contribution is 5.96. The van der Waals surface area contributed by atoms with Crippen molar-refractivity contribution in [2.75, 3.05) is 25.5 Å². The van der Waals surface area contributed by atoms with Gasteiger partial charge in [-0.25, -0.2) is 15.0 Å². The third-order valence-corrected chi connectivity index (χ3v) is 7.83. The van der Waals surface area contributed by atoms with Gasteiger partial charge in [0.05, 0.1) is 5.52 Å². The van der Waals surface area contributed by atoms with Crippen molar-refractivity contribution in [1.82, 2.24) is 20.3 Å². The van der Waals surface area contributed by atoms with E-state index in [1.54, 1.807) is 18.3 Å². The number of hydrogen-bond acceptors (Lipinski definition) is 6. The van der Waals surface area contributed by atoms with E-state index in [0.717, 1.165) is 59.7 Å². The smallest absolute Gasteiger partial charge is 0.256 e. The molecule has 0 unspecified atom stereocenters. The van der Waals surface area contributed by atoms with E-state index in [4.69, 9.17) is 14.7 Å². The normalized spacial score (nSPS) is 17.0. The van der Waals surface area contributed by atoms with Crippen molar-refractivity contribution in [3.05, 3.63) is 83.8 Å². The van der Waals surface area contributed by atoms with Gasteiger partial charge in [0.1, 0.15) is 23.0 Å². The fourth-order valence-corrected chi connectivity index (χ4v) is 5.53. The largest absolute Gasteiger partial charge is 0.438 e. The summed E-state index contributed by atoms with van der Waals surface area (Å²) in [5.74, 6) is 4.02. The summed E-state index contributed by atoms with van der Waals surface area (Å²) in [5, 5.41) is 4.23. The molecule has 0 saturated heterocycles. The van der Waals surface area contributed by atoms with E-state index in [2.05, 4.69) is 27.3 Å². The third kappa shape index (κ3) is 6.95. The van der Waals surface area contributed by atoms with Gasteiger partial charge in [-0.3, -0.25) is 4.79 Å². The number of fused-ring (bicyclic) bond motifs is 1. The second-order valence-corrected chi connectivity index (χ2v) is 11.1. The number of anilines is 1. The Labute approximate surface area is 237 Å². The Hall–Kier alpha value is -4.00. The minimum absolute atomic E-state index is 0.134. The molecule has 0 bridgehead atoms. The second-order valence-electron chi connectivity index (χ2n) is 11.1. The van der Waals surface area contributed by atoms with E-state index in [0.29, 0.717) is 29.7 Å². The maximum atomic E-state index is 13.0. The van der Waals surface area contributed by atoms with Crippen molar-refractivity contribution in [2.24, 2.45) is 11.8 Å². The molecule has 1 fully saturated rings. The van der Waals surface area contributed by atoms with Crippen LogP contribution in [-0.4, -0.2) is 41.5 Å². The van der Waals surface area contributed by atoms with E-state index >= 15 is 0 Å². The molecule has 208 valence electrons. The standard InChI is InChI=1S/C33H39N5O2/c1-23-13-19-26(20-14-23)40-33-28(10-7-21-34-33)32(39)35-22-25-17-15-24(16-18-25)8-6-12-30-36-29-11-5-4-9-27(29)31(37-30)38(2)3/h4-5,7,9-11,13-14,19-21,24-25H,6,8,12,15-18,22H2,1-3H3,(H,35,39). The Bertz CT molecular complexity index is 1430. The Balaban J connectivity index is 1.07. The molecule has 5 rings (SSSR count). The molecule has 40 heavy (non-hydrogen) atoms. The molecule has 1 amide bonds. The van der Waals surface area contributed by atoms with Crippen LogP contribution in [0.5, 0.6) is 11.6 Å². The number of benzene rings is 2. The number of ether oxygens (including phenoxy) is 1. The molecule has 2 aromatic heterocycles. The van der Waals surface area contributed by atoms with Crippen LogP contribution in [-0.2, 0) is 6.42 Å². The minimum Gasteiger partial charge on any atom is -0.438 e. The van der Waals surface area contributed by atoms with Crippen LogP contribution < -0.4 is 15.0 Å². The van der Waals surface area contributed by atoms with E-state index in [1.807, 2.05) is 57.4 Å². The van der Waals surface area contributed by atoms with Crippen LogP contribution in [0.1, 0.15) is 60.3 Å². The summed E-state index contributed by atoms with van der Waals surface area (Å²) in [6.45, 7) is 2.71. The van der Waals surface area contributed by atoms with Gasteiger partial charge < -0.3 is 15.0 Å². The lowest BCUT2D eigenvalue weighted by atomic mass is 9.80. The molecule has 2 aromatic carbocycles. The zero-order chi connectivity index (χ0) is 27.9. The van der Waals surface area contributed by atoms with Gasteiger partial charge >= 0.3 is 0 Å². The van der Waals surface area contributed by atoms with Crippen molar-refractivity contribution < 1.29 is 9.53 Å². The number of carbonyl (C=O) groups is 1. The van der Waals surface area contributed by atoms with Crippen LogP contribution >= 0.6 is 0 Å². The van der Waals surface area contributed by atoms with Crippen molar-refractivity contribution >= 4 is 22.6 Å². The first-order valence-electron chi connectivity index (χ1n) is 14.4. The predicted molar refractivity (Wildman–Crippen MR) is 160 cm³/mol. The molecule has 1 N–H and O–H groups in total. The van der Waals surface area contributed by atoms with Gasteiger partial charge in [0.15, 0.2) is 0 Å². The number of amides is 1. The van der Waals surface area contributed by atoms with E-state index in [1.165, 1.54) is 19.3 Å². The van der Waals surface area contributed by atoms with Gasteiger partial charge in [-0.1, -0.05) is 49.1 Å². The number of aryl methyl sites for hydroxylation is 2. The summed E-state index contributed by atoms with van der Waals surface area (Å²) in [6, 6.07) is 19.5. The number of rotatable bonds is 10. The molecular weight excluding hydrogens is 498 g/mol. The minimum atomic E-state index is -0.134. The van der Waals surface area contributed by atoms with Gasteiger partial charge in [0.25, 0.3) is 5.91 Å². The van der Waals surface area contributed by atoms with Crippen molar-refractivity contribution in [3.63, 3.8) is 0 Å². The molecule has 4 aromatic rings. The molecule has 2 heterocycles. The van der Waals surface area contributed by atoms with Gasteiger partial charge in [-0.05, 0) is 74.4 Å². The maximum absolute atomic E-state index is 13.0. The van der Waals surface area contributed by atoms with E-state index in [9.17, 15) is 4.79 Å². The number of pyridine rings is 1. The first-order chi connectivity index (χ1) is 19.5. The first kappa shape index (κ1) is 27.6. The van der Waals surface area contributed by atoms with Crippen molar-refractivity contribution in [1.29, 1.82) is 0 Å². The molecule has 1 aliphatic rings. The van der Waals surface area contributed by atoms with Crippen LogP contribution in [0, 0.1) is 18.8 Å². The molecule has 1 aliphatic carbocycles. The van der Waals surface area contributed by atoms with E-state index < -0.39 is 0 Å². The Morgan fingerprint density at radius 1 is 0.950 bits per heavy atom. The third-order valence-electron chi connectivity index (χ3n) is 7.83. The highest BCUT2D eigenvalue weighted by atomic mass is 16.5. The fourth-order valence-electron chi connectivity index (χ4n) is 5.53. The average molecular weight is 538 g/mol. The predicted octanol–water partition coefficient (Wildman–Crippen LogP) is 6.75. The summed E-state index contributed by atoms with van der Waals surface area (Å²) in [4.78, 5) is 29.0. The molecule has 1 saturated carbocycles. The molecule has 0 radical (unpaired) electrons. The number of carbonyl (C=O) groups excluding carboxylic acids is 1. The Morgan fingerprint density at radius 3 is 2.48 bits per heavy atom. The Morgan fingerprint density at radius 2 is 1.70 bits per heavy atom. The monoisotopic (exact) mass is 537 g/mol. The van der Waals surface area contributed by atoms with Crippen molar-refractivity contribution in [3.8, 4) is 11.6 Å². The van der Waals surface area contributed by atoms with Gasteiger partial charge in [-0.15, -0.1) is 0 Å². The summed E-state index contributed by atoms with van der Waals surface area (Å²) < 4.78 is 5.92. The highest BCUT2D eigenvalue weighted by Gasteiger charge is 2.23. The van der Waals surface area contributed by atoms with Crippen LogP contribution in [0.2, 0.25) is 0 Å². The fraction of sp³-hybridized carbons (Fsp3) is 0.394. The summed E-state index contributed by atoms with van der Waals surface area (Å²) in [6.07, 6.45) is 9.54. The first-order valence-corrected chi connectivity index (χ1v) is 14.4. The lowest BCUT2D eigenvalue weighted by Crippen LogP contribution is -2.31. The average Bonchev–Trinajstić information content (AvgIpc) is 2.97. The molecular formula is C33H39N5O2. The van der Waals surface area contributed by atoms with Gasteiger partial charge in [0, 0.05) is 38.6 Å². The number of aromatic nitrogens is 3. The topological polar surface area (TPSA) is 80.2 Å². The van der Waals surface area contributed by atoms with Gasteiger partial charge in [-0.2, -0.15) is 0 Å². The van der Waals surface area contributed by atoms with Crippen LogP contribution in [0.15, 0.2) is 66.9 Å². The molecule has 0 aliphatic heterocycles. The molecule has 7 heteroatoms. The lowest BCUT2D eigenvalue weighted by molar-refractivity contribution is 0.0938. The maximum Gasteiger partial charge on any atom is 0.256 e. The SMILES string of the molecule is Cc1ccc(Oc2ncccc2C(=O)NCC2CCC(CCCc3nc(N(C)C)c4ccccc4n3)CC2)cc1. The zero-order valence-corrected chi connectivity index (χ0v) is 23.8. The summed E-state index contributed by atoms with van der Waals surface area (Å²) in [7, 11) is 4.07. The van der Waals surface area contributed by atoms with Crippen LogP contribution in [0.4, 0.5) is 5.82 Å². The number of nitrogens with one attached hydrogen (secondary N) is 1. The van der Waals surface area contributed by atoms with Crippen molar-refractivity contribution in [2.45, 2.75) is 51.9 Å². The van der Waals surface area contributed by atoms with Gasteiger partial charge in [0.2, 0.25) is 5.88 Å². The zero-order valence-electron chi connectivity index (χ0n) is 23.8. The summed E-state index contributed by atoms with van der Waals surface area (Å²) >= 11 is 0. The molecule has 7 nitrogen and oxygen atoms in total. The Kier molecular flexibility index (Phi) is 8.89. The number of para-hydroxylation sites is 1. The second kappa shape index (κ2) is 12.9.